The van der Waals surface area contributed by atoms with Gasteiger partial charge in [0.25, 0.3) is 0 Å². The highest BCUT2D eigenvalue weighted by atomic mass is 19.1. The van der Waals surface area contributed by atoms with Crippen molar-refractivity contribution in [1.82, 2.24) is 24.5 Å². The molecular weight excluding hydrogens is 481 g/mol. The van der Waals surface area contributed by atoms with Crippen LogP contribution in [0.5, 0.6) is 0 Å². The van der Waals surface area contributed by atoms with Crippen LogP contribution in [0.1, 0.15) is 11.1 Å². The van der Waals surface area contributed by atoms with E-state index in [-0.39, 0.29) is 5.82 Å². The number of halogens is 1. The maximum atomic E-state index is 14.3. The van der Waals surface area contributed by atoms with Gasteiger partial charge in [-0.2, -0.15) is 4.52 Å². The molecule has 0 aliphatic carbocycles. The second-order valence-electron chi connectivity index (χ2n) is 9.60. The van der Waals surface area contributed by atoms with E-state index in [0.29, 0.717) is 23.8 Å². The van der Waals surface area contributed by atoms with Crippen molar-refractivity contribution in [2.75, 3.05) is 49.6 Å². The molecular formula is C29H30FN7O. The zero-order chi connectivity index (χ0) is 25.9. The average Bonchev–Trinajstić information content (AvgIpc) is 3.64. The predicted octanol–water partition coefficient (Wildman–Crippen LogP) is 4.52. The first-order chi connectivity index (χ1) is 18.7. The minimum Gasteiger partial charge on any atom is -0.461 e. The lowest BCUT2D eigenvalue weighted by Crippen LogP contribution is -2.46. The molecule has 5 aromatic rings. The fraction of sp³-hybridized carbons (Fsp3) is 0.276. The number of rotatable bonds is 8. The summed E-state index contributed by atoms with van der Waals surface area (Å²) in [7, 11) is 2.03. The van der Waals surface area contributed by atoms with Crippen molar-refractivity contribution in [3.8, 4) is 11.6 Å². The van der Waals surface area contributed by atoms with E-state index in [1.54, 1.807) is 12.3 Å². The van der Waals surface area contributed by atoms with E-state index < -0.39 is 0 Å². The summed E-state index contributed by atoms with van der Waals surface area (Å²) in [5.41, 5.74) is 3.70. The molecule has 0 bridgehead atoms. The van der Waals surface area contributed by atoms with Gasteiger partial charge in [0.1, 0.15) is 5.82 Å². The fourth-order valence-electron chi connectivity index (χ4n) is 4.93. The molecule has 8 nitrogen and oxygen atoms in total. The second-order valence-corrected chi connectivity index (χ2v) is 9.60. The van der Waals surface area contributed by atoms with E-state index in [9.17, 15) is 4.39 Å². The Labute approximate surface area is 221 Å². The molecule has 0 radical (unpaired) electrons. The molecule has 4 heterocycles. The standard InChI is InChI=1S/C29H30FN7O/c1-34(14-13-22-8-3-2-4-9-22)29-31-20-23(28-32-27(33-37(28)29)26-12-7-19-38-26)21-35-15-17-36(18-16-35)25-11-6-5-10-24(25)30/h2-12,19-20H,13-18,21H2,1H3. The lowest BCUT2D eigenvalue weighted by atomic mass is 10.1. The van der Waals surface area contributed by atoms with Crippen molar-refractivity contribution in [1.29, 1.82) is 0 Å². The largest absolute Gasteiger partial charge is 0.461 e. The smallest absolute Gasteiger partial charge is 0.228 e. The number of benzene rings is 2. The van der Waals surface area contributed by atoms with Crippen LogP contribution < -0.4 is 9.80 Å². The summed E-state index contributed by atoms with van der Waals surface area (Å²) < 4.78 is 21.7. The number of fused-ring (bicyclic) bond motifs is 1. The summed E-state index contributed by atoms with van der Waals surface area (Å²) >= 11 is 0. The monoisotopic (exact) mass is 511 g/mol. The Bertz CT molecular complexity index is 1490. The molecule has 1 saturated heterocycles. The third kappa shape index (κ3) is 4.97. The predicted molar refractivity (Wildman–Crippen MR) is 146 cm³/mol. The lowest BCUT2D eigenvalue weighted by Gasteiger charge is -2.36. The van der Waals surface area contributed by atoms with Gasteiger partial charge in [-0.25, -0.2) is 14.4 Å². The summed E-state index contributed by atoms with van der Waals surface area (Å²) in [6.45, 7) is 4.63. The third-order valence-corrected chi connectivity index (χ3v) is 7.04. The van der Waals surface area contributed by atoms with Gasteiger partial charge >= 0.3 is 0 Å². The minimum absolute atomic E-state index is 0.173. The van der Waals surface area contributed by atoms with Crippen molar-refractivity contribution in [3.63, 3.8) is 0 Å². The Morgan fingerprint density at radius 1 is 0.947 bits per heavy atom. The van der Waals surface area contributed by atoms with Gasteiger partial charge in [-0.15, -0.1) is 5.10 Å². The molecule has 38 heavy (non-hydrogen) atoms. The molecule has 0 saturated carbocycles. The Balaban J connectivity index is 1.23. The van der Waals surface area contributed by atoms with Crippen molar-refractivity contribution in [2.24, 2.45) is 0 Å². The quantitative estimate of drug-likeness (QED) is 0.303. The third-order valence-electron chi connectivity index (χ3n) is 7.04. The molecule has 194 valence electrons. The number of nitrogens with zero attached hydrogens (tertiary/aromatic N) is 7. The van der Waals surface area contributed by atoms with Crippen LogP contribution in [0.15, 0.2) is 83.6 Å². The fourth-order valence-corrected chi connectivity index (χ4v) is 4.93. The van der Waals surface area contributed by atoms with Crippen LogP contribution in [-0.4, -0.2) is 64.3 Å². The topological polar surface area (TPSA) is 65.9 Å². The highest BCUT2D eigenvalue weighted by Crippen LogP contribution is 2.24. The van der Waals surface area contributed by atoms with Gasteiger partial charge in [-0.1, -0.05) is 42.5 Å². The summed E-state index contributed by atoms with van der Waals surface area (Å²) in [5, 5.41) is 4.79. The van der Waals surface area contributed by atoms with E-state index in [1.807, 2.05) is 48.1 Å². The summed E-state index contributed by atoms with van der Waals surface area (Å²) in [4.78, 5) is 16.3. The number of hydrogen-bond acceptors (Lipinski definition) is 7. The molecule has 0 N–H and O–H groups in total. The zero-order valence-electron chi connectivity index (χ0n) is 21.4. The summed E-state index contributed by atoms with van der Waals surface area (Å²) in [6.07, 6.45) is 4.43. The number of anilines is 2. The van der Waals surface area contributed by atoms with Crippen molar-refractivity contribution >= 4 is 17.3 Å². The first-order valence-electron chi connectivity index (χ1n) is 12.9. The Hall–Kier alpha value is -4.24. The van der Waals surface area contributed by atoms with Gasteiger partial charge in [0.05, 0.1) is 12.0 Å². The average molecular weight is 512 g/mol. The van der Waals surface area contributed by atoms with Crippen LogP contribution in [0.2, 0.25) is 0 Å². The molecule has 0 unspecified atom stereocenters. The molecule has 2 aromatic carbocycles. The first-order valence-corrected chi connectivity index (χ1v) is 12.9. The van der Waals surface area contributed by atoms with Crippen molar-refractivity contribution < 1.29 is 8.81 Å². The Kier molecular flexibility index (Phi) is 6.75. The number of aromatic nitrogens is 4. The van der Waals surface area contributed by atoms with Gasteiger partial charge in [0, 0.05) is 58.1 Å². The molecule has 1 fully saturated rings. The summed E-state index contributed by atoms with van der Waals surface area (Å²) in [6, 6.07) is 21.1. The molecule has 6 rings (SSSR count). The van der Waals surface area contributed by atoms with Crippen molar-refractivity contribution in [2.45, 2.75) is 13.0 Å². The maximum absolute atomic E-state index is 14.3. The van der Waals surface area contributed by atoms with Crippen LogP contribution >= 0.6 is 0 Å². The van der Waals surface area contributed by atoms with Gasteiger partial charge < -0.3 is 14.2 Å². The second kappa shape index (κ2) is 10.6. The van der Waals surface area contributed by atoms with Gasteiger partial charge in [-0.05, 0) is 36.2 Å². The normalized spacial score (nSPS) is 14.3. The van der Waals surface area contributed by atoms with Gasteiger partial charge in [0.15, 0.2) is 11.4 Å². The Morgan fingerprint density at radius 2 is 1.74 bits per heavy atom. The molecule has 1 aliphatic heterocycles. The molecule has 0 atom stereocenters. The van der Waals surface area contributed by atoms with E-state index >= 15 is 0 Å². The zero-order valence-corrected chi connectivity index (χ0v) is 21.4. The van der Waals surface area contributed by atoms with Gasteiger partial charge in [0.2, 0.25) is 11.8 Å². The lowest BCUT2D eigenvalue weighted by molar-refractivity contribution is 0.249. The first kappa shape index (κ1) is 24.1. The highest BCUT2D eigenvalue weighted by Gasteiger charge is 2.23. The Morgan fingerprint density at radius 3 is 2.50 bits per heavy atom. The molecule has 1 aliphatic rings. The van der Waals surface area contributed by atoms with Gasteiger partial charge in [-0.3, -0.25) is 4.90 Å². The highest BCUT2D eigenvalue weighted by molar-refractivity contribution is 5.58. The molecule has 0 spiro atoms. The van der Waals surface area contributed by atoms with Crippen LogP contribution in [0.3, 0.4) is 0 Å². The number of para-hydroxylation sites is 1. The van der Waals surface area contributed by atoms with Crippen LogP contribution in [0.25, 0.3) is 17.2 Å². The molecule has 0 amide bonds. The number of furan rings is 1. The van der Waals surface area contributed by atoms with E-state index in [2.05, 4.69) is 39.0 Å². The van der Waals surface area contributed by atoms with Crippen molar-refractivity contribution in [3.05, 3.63) is 96.1 Å². The van der Waals surface area contributed by atoms with E-state index in [1.165, 1.54) is 11.6 Å². The number of piperazine rings is 1. The number of hydrogen-bond donors (Lipinski definition) is 0. The molecule has 9 heteroatoms. The van der Waals surface area contributed by atoms with E-state index in [0.717, 1.165) is 56.3 Å². The number of likely N-dealkylation sites (N-methyl/N-ethyl adjacent to an activating group) is 1. The van der Waals surface area contributed by atoms with E-state index in [4.69, 9.17) is 19.5 Å². The van der Waals surface area contributed by atoms with Crippen LogP contribution in [0, 0.1) is 5.82 Å². The maximum Gasteiger partial charge on any atom is 0.228 e. The summed E-state index contributed by atoms with van der Waals surface area (Å²) in [5.74, 6) is 1.71. The van der Waals surface area contributed by atoms with Crippen LogP contribution in [0.4, 0.5) is 16.0 Å². The SMILES string of the molecule is CN(CCc1ccccc1)c1ncc(CN2CCN(c3ccccc3F)CC2)c2nc(-c3ccco3)nn12. The van der Waals surface area contributed by atoms with Crippen LogP contribution in [-0.2, 0) is 13.0 Å². The molecule has 3 aromatic heterocycles. The minimum atomic E-state index is -0.173.